The Balaban J connectivity index is 1.13. The molecule has 1 heterocycles. The molecule has 0 N–H and O–H groups in total. The second-order valence-corrected chi connectivity index (χ2v) is 16.0. The monoisotopic (exact) mass is 686 g/mol. The molecule has 8 aromatic carbocycles. The topological polar surface area (TPSA) is 17.8 Å². The number of fused-ring (bicyclic) bond motifs is 3. The van der Waals surface area contributed by atoms with Gasteiger partial charge in [-0.1, -0.05) is 152 Å². The molecule has 1 aromatic heterocycles. The minimum absolute atomic E-state index is 0.0252. The molecule has 54 heavy (non-hydrogen) atoms. The van der Waals surface area contributed by atoms with Crippen molar-refractivity contribution in [2.24, 2.45) is 0 Å². The smallest absolute Gasteiger partial charge is 0.106 e. The van der Waals surface area contributed by atoms with Gasteiger partial charge in [0.1, 0.15) is 21.5 Å². The van der Waals surface area contributed by atoms with Crippen molar-refractivity contribution >= 4 is 71.8 Å². The van der Waals surface area contributed by atoms with Crippen LogP contribution in [-0.4, -0.2) is 48.8 Å². The summed E-state index contributed by atoms with van der Waals surface area (Å²) >= 11 is 0. The first-order chi connectivity index (χ1) is 26.2. The molecule has 0 atom stereocenters. The largest absolute Gasteiger partial charge is 0.297 e. The van der Waals surface area contributed by atoms with E-state index in [4.69, 9.17) is 4.98 Å². The molecule has 0 aliphatic rings. The number of para-hydroxylation sites is 2. The lowest BCUT2D eigenvalue weighted by Gasteiger charge is -2.39. The quantitative estimate of drug-likeness (QED) is 0.126. The highest BCUT2D eigenvalue weighted by atomic mass is 15.1. The van der Waals surface area contributed by atoms with Gasteiger partial charge in [0.05, 0.1) is 34.6 Å². The van der Waals surface area contributed by atoms with Crippen LogP contribution in [0.5, 0.6) is 0 Å². The van der Waals surface area contributed by atoms with Gasteiger partial charge in [0, 0.05) is 5.69 Å². The fraction of sp³-hybridized carbons (Fsp3) is 0.0426. The lowest BCUT2D eigenvalue weighted by atomic mass is 9.23. The van der Waals surface area contributed by atoms with E-state index in [1.54, 1.807) is 0 Å². The molecule has 252 valence electrons. The van der Waals surface area contributed by atoms with E-state index in [1.165, 1.54) is 66.1 Å². The van der Waals surface area contributed by atoms with Crippen LogP contribution in [0.25, 0.3) is 82.8 Å². The standard InChI is InChI=1S/C47H39B5N2/c48-46(49,47(50,51)52)45-53-41-20-10-11-21-42(41)54(45)34-28-26-31(27-29-34)30-22-24-33(25-23-30)43-37-16-6-8-18-39(37)44(40-19-9-7-17-38(40)43)36-15-5-4-14-35(36)32-12-2-1-3-13-32/h1-29H,48-52H2. The minimum atomic E-state index is -0.154. The highest BCUT2D eigenvalue weighted by Crippen LogP contribution is 2.46. The van der Waals surface area contributed by atoms with Gasteiger partial charge in [-0.05, 0) is 95.5 Å². The molecule has 9 aromatic rings. The zero-order valence-corrected chi connectivity index (χ0v) is 31.6. The molecule has 0 saturated carbocycles. The average molecular weight is 686 g/mol. The van der Waals surface area contributed by atoms with Gasteiger partial charge in [0.2, 0.25) is 0 Å². The summed E-state index contributed by atoms with van der Waals surface area (Å²) in [5.74, 6) is 1.09. The third kappa shape index (κ3) is 5.62. The Morgan fingerprint density at radius 2 is 0.852 bits per heavy atom. The number of aromatic nitrogens is 2. The maximum absolute atomic E-state index is 5.19. The molecule has 7 heteroatoms. The van der Waals surface area contributed by atoms with E-state index >= 15 is 0 Å². The zero-order chi connectivity index (χ0) is 37.0. The van der Waals surface area contributed by atoms with Gasteiger partial charge in [-0.2, -0.15) is 0 Å². The summed E-state index contributed by atoms with van der Waals surface area (Å²) in [6.45, 7) is 0. The summed E-state index contributed by atoms with van der Waals surface area (Å²) in [6.07, 6.45) is 0. The van der Waals surface area contributed by atoms with E-state index in [2.05, 4.69) is 220 Å². The Labute approximate surface area is 322 Å². The van der Waals surface area contributed by atoms with Crippen molar-refractivity contribution in [3.63, 3.8) is 0 Å². The molecule has 0 aliphatic heterocycles. The number of hydrogen-bond donors (Lipinski definition) is 0. The van der Waals surface area contributed by atoms with Crippen LogP contribution >= 0.6 is 0 Å². The predicted octanol–water partition coefficient (Wildman–Crippen LogP) is 7.39. The summed E-state index contributed by atoms with van der Waals surface area (Å²) in [6, 6.07) is 64.0. The first-order valence-electron chi connectivity index (χ1n) is 19.0. The molecule has 0 amide bonds. The summed E-state index contributed by atoms with van der Waals surface area (Å²) in [4.78, 5) is 5.19. The van der Waals surface area contributed by atoms with Gasteiger partial charge in [0.25, 0.3) is 0 Å². The van der Waals surface area contributed by atoms with Gasteiger partial charge in [0.15, 0.2) is 0 Å². The Hall–Kier alpha value is -5.93. The molecule has 2 nitrogen and oxygen atoms in total. The van der Waals surface area contributed by atoms with E-state index in [0.29, 0.717) is 0 Å². The molecule has 0 bridgehead atoms. The van der Waals surface area contributed by atoms with Crippen LogP contribution < -0.4 is 0 Å². The van der Waals surface area contributed by atoms with Crippen molar-refractivity contribution in [3.05, 3.63) is 182 Å². The van der Waals surface area contributed by atoms with Crippen LogP contribution in [0.4, 0.5) is 0 Å². The fourth-order valence-corrected chi connectivity index (χ4v) is 7.97. The van der Waals surface area contributed by atoms with Crippen molar-refractivity contribution in [2.45, 2.75) is 10.3 Å². The van der Waals surface area contributed by atoms with Crippen LogP contribution in [0.2, 0.25) is 5.11 Å². The summed E-state index contributed by atoms with van der Waals surface area (Å²) in [7, 11) is 11.5. The van der Waals surface area contributed by atoms with E-state index < -0.39 is 0 Å². The van der Waals surface area contributed by atoms with E-state index in [0.717, 1.165) is 22.5 Å². The van der Waals surface area contributed by atoms with Crippen molar-refractivity contribution in [2.75, 3.05) is 0 Å². The average Bonchev–Trinajstić information content (AvgIpc) is 3.61. The van der Waals surface area contributed by atoms with Gasteiger partial charge >= 0.3 is 0 Å². The Morgan fingerprint density at radius 3 is 1.44 bits per heavy atom. The SMILES string of the molecule is BC(B)(B)C(B)(B)c1nc2ccccc2n1-c1ccc(-c2ccc(-c3c4ccccc4c(-c4ccccc4-c4ccccc4)c4ccccc34)cc2)cc1. The molecule has 0 fully saturated rings. The van der Waals surface area contributed by atoms with Crippen LogP contribution in [0.1, 0.15) is 5.82 Å². The van der Waals surface area contributed by atoms with Gasteiger partial charge in [-0.3, -0.25) is 4.57 Å². The summed E-state index contributed by atoms with van der Waals surface area (Å²) in [5, 5.41) is 4.90. The molecular weight excluding hydrogens is 647 g/mol. The number of nitrogens with zero attached hydrogens (tertiary/aromatic N) is 2. The second-order valence-electron chi connectivity index (χ2n) is 16.0. The van der Waals surface area contributed by atoms with E-state index in [9.17, 15) is 0 Å². The first kappa shape index (κ1) is 33.9. The Morgan fingerprint density at radius 1 is 0.389 bits per heavy atom. The predicted molar refractivity (Wildman–Crippen MR) is 245 cm³/mol. The fourth-order valence-electron chi connectivity index (χ4n) is 7.97. The number of imidazole rings is 1. The van der Waals surface area contributed by atoms with Gasteiger partial charge in [-0.15, -0.1) is 5.11 Å². The van der Waals surface area contributed by atoms with Crippen molar-refractivity contribution in [3.8, 4) is 50.2 Å². The van der Waals surface area contributed by atoms with Crippen LogP contribution in [0.15, 0.2) is 176 Å². The third-order valence-corrected chi connectivity index (χ3v) is 11.8. The van der Waals surface area contributed by atoms with Crippen molar-refractivity contribution in [1.29, 1.82) is 0 Å². The molecule has 0 unspecified atom stereocenters. The second kappa shape index (κ2) is 13.2. The summed E-state index contributed by atoms with van der Waals surface area (Å²) in [5.41, 5.74) is 13.1. The minimum Gasteiger partial charge on any atom is -0.297 e. The third-order valence-electron chi connectivity index (χ3n) is 11.8. The first-order valence-corrected chi connectivity index (χ1v) is 19.0. The Bertz CT molecular complexity index is 2760. The molecule has 0 radical (unpaired) electrons. The van der Waals surface area contributed by atoms with Crippen LogP contribution in [-0.2, 0) is 5.21 Å². The van der Waals surface area contributed by atoms with Gasteiger partial charge < -0.3 is 0 Å². The molecule has 0 aliphatic carbocycles. The number of benzene rings is 8. The van der Waals surface area contributed by atoms with Crippen LogP contribution in [0.3, 0.4) is 0 Å². The molecule has 9 rings (SSSR count). The maximum atomic E-state index is 5.19. The number of rotatable bonds is 7. The molecular formula is C47H39B5N2. The highest BCUT2D eigenvalue weighted by Gasteiger charge is 2.38. The van der Waals surface area contributed by atoms with E-state index in [-0.39, 0.29) is 10.3 Å². The van der Waals surface area contributed by atoms with E-state index in [1.807, 2.05) is 0 Å². The maximum Gasteiger partial charge on any atom is 0.106 e. The van der Waals surface area contributed by atoms with Gasteiger partial charge in [-0.25, -0.2) is 4.98 Å². The number of hydrogen-bond acceptors (Lipinski definition) is 1. The molecule has 0 saturated heterocycles. The normalized spacial score (nSPS) is 12.1. The Kier molecular flexibility index (Phi) is 8.27. The van der Waals surface area contributed by atoms with Crippen LogP contribution in [0, 0.1) is 0 Å². The zero-order valence-electron chi connectivity index (χ0n) is 31.6. The lowest BCUT2D eigenvalue weighted by molar-refractivity contribution is 0.757. The molecule has 0 spiro atoms. The summed E-state index contributed by atoms with van der Waals surface area (Å²) < 4.78 is 2.35. The lowest BCUT2D eigenvalue weighted by Crippen LogP contribution is -2.45. The van der Waals surface area contributed by atoms with Crippen molar-refractivity contribution in [1.82, 2.24) is 9.55 Å². The van der Waals surface area contributed by atoms with Crippen molar-refractivity contribution < 1.29 is 0 Å². The highest BCUT2D eigenvalue weighted by molar-refractivity contribution is 6.67.